The summed E-state index contributed by atoms with van der Waals surface area (Å²) in [7, 11) is 0. The average molecular weight is 176 g/mol. The predicted molar refractivity (Wildman–Crippen MR) is 45.8 cm³/mol. The summed E-state index contributed by atoms with van der Waals surface area (Å²) < 4.78 is 0. The molecule has 0 aliphatic rings. The van der Waals surface area contributed by atoms with Crippen molar-refractivity contribution in [3.63, 3.8) is 0 Å². The molecule has 5 heteroatoms. The number of nitrogens with two attached hydrogens (primary N) is 1. The maximum atomic E-state index is 10.5. The van der Waals surface area contributed by atoms with Crippen molar-refractivity contribution in [2.24, 2.45) is 11.1 Å². The molecule has 0 saturated heterocycles. The summed E-state index contributed by atoms with van der Waals surface area (Å²) in [6.07, 6.45) is 0. The van der Waals surface area contributed by atoms with Crippen LogP contribution in [0.3, 0.4) is 0 Å². The van der Waals surface area contributed by atoms with Gasteiger partial charge < -0.3 is 10.8 Å². The average Bonchev–Trinajstić information content (AvgIpc) is 1.84. The molecule has 0 aromatic carbocycles. The van der Waals surface area contributed by atoms with E-state index >= 15 is 0 Å². The largest absolute Gasteiger partial charge is 0.481 e. The van der Waals surface area contributed by atoms with Gasteiger partial charge in [0.25, 0.3) is 0 Å². The van der Waals surface area contributed by atoms with Crippen LogP contribution in [-0.4, -0.2) is 22.0 Å². The van der Waals surface area contributed by atoms with E-state index in [1.807, 2.05) is 0 Å². The Morgan fingerprint density at radius 2 is 2.18 bits per heavy atom. The Labute approximate surface area is 69.7 Å². The predicted octanol–water partition coefficient (Wildman–Crippen LogP) is 0.724. The van der Waals surface area contributed by atoms with Gasteiger partial charge in [0, 0.05) is 5.75 Å². The first kappa shape index (κ1) is 10.3. The van der Waals surface area contributed by atoms with Gasteiger partial charge in [-0.25, -0.2) is 0 Å². The van der Waals surface area contributed by atoms with E-state index < -0.39 is 11.4 Å². The number of thioether (sulfide) groups is 1. The van der Waals surface area contributed by atoms with Crippen molar-refractivity contribution in [1.82, 2.24) is 0 Å². The van der Waals surface area contributed by atoms with Gasteiger partial charge in [-0.2, -0.15) is 0 Å². The van der Waals surface area contributed by atoms with Gasteiger partial charge in [0.2, 0.25) is 0 Å². The number of carboxylic acid groups (broad SMARTS) is 1. The summed E-state index contributed by atoms with van der Waals surface area (Å²) in [6, 6.07) is 0. The van der Waals surface area contributed by atoms with Crippen LogP contribution >= 0.6 is 11.8 Å². The van der Waals surface area contributed by atoms with Gasteiger partial charge in [0.15, 0.2) is 5.17 Å². The number of carbonyl (C=O) groups is 1. The molecule has 4 nitrogen and oxygen atoms in total. The number of aliphatic carboxylic acids is 1. The topological polar surface area (TPSA) is 87.2 Å². The summed E-state index contributed by atoms with van der Waals surface area (Å²) in [5.41, 5.74) is 4.24. The van der Waals surface area contributed by atoms with Crippen molar-refractivity contribution in [2.45, 2.75) is 13.8 Å². The first-order chi connectivity index (χ1) is 4.86. The number of hydrogen-bond donors (Lipinski definition) is 3. The number of nitrogens with one attached hydrogen (secondary N) is 1. The van der Waals surface area contributed by atoms with Crippen molar-refractivity contribution in [2.75, 3.05) is 5.75 Å². The minimum Gasteiger partial charge on any atom is -0.481 e. The molecule has 0 aliphatic heterocycles. The van der Waals surface area contributed by atoms with Gasteiger partial charge in [-0.3, -0.25) is 10.2 Å². The van der Waals surface area contributed by atoms with Crippen molar-refractivity contribution in [3.05, 3.63) is 0 Å². The molecule has 0 spiro atoms. The Morgan fingerprint density at radius 1 is 1.73 bits per heavy atom. The maximum absolute atomic E-state index is 10.5. The van der Waals surface area contributed by atoms with Crippen LogP contribution in [0.4, 0.5) is 0 Å². The quantitative estimate of drug-likeness (QED) is 0.437. The minimum atomic E-state index is -0.869. The minimum absolute atomic E-state index is 0.0423. The third-order valence-corrected chi connectivity index (χ3v) is 2.34. The van der Waals surface area contributed by atoms with Gasteiger partial charge in [0.1, 0.15) is 0 Å². The van der Waals surface area contributed by atoms with E-state index in [0.717, 1.165) is 11.8 Å². The molecule has 4 N–H and O–H groups in total. The number of amidine groups is 1. The number of carboxylic acids is 1. The molecule has 0 aliphatic carbocycles. The lowest BCUT2D eigenvalue weighted by atomic mass is 9.97. The maximum Gasteiger partial charge on any atom is 0.309 e. The Hall–Kier alpha value is -0.710. The third kappa shape index (κ3) is 3.87. The van der Waals surface area contributed by atoms with E-state index in [1.54, 1.807) is 13.8 Å². The zero-order chi connectivity index (χ0) is 9.07. The zero-order valence-electron chi connectivity index (χ0n) is 6.55. The van der Waals surface area contributed by atoms with E-state index in [0.29, 0.717) is 5.75 Å². The molecule has 0 unspecified atom stereocenters. The summed E-state index contributed by atoms with van der Waals surface area (Å²) in [5.74, 6) is -0.538. The second-order valence-corrected chi connectivity index (χ2v) is 3.86. The molecule has 0 amide bonds. The van der Waals surface area contributed by atoms with Gasteiger partial charge >= 0.3 is 5.97 Å². The highest BCUT2D eigenvalue weighted by molar-refractivity contribution is 8.13. The van der Waals surface area contributed by atoms with Crippen molar-refractivity contribution >= 4 is 22.9 Å². The lowest BCUT2D eigenvalue weighted by Crippen LogP contribution is -2.27. The summed E-state index contributed by atoms with van der Waals surface area (Å²) in [5, 5.41) is 15.5. The van der Waals surface area contributed by atoms with Gasteiger partial charge in [-0.15, -0.1) is 0 Å². The Morgan fingerprint density at radius 3 is 2.45 bits per heavy atom. The molecule has 64 valence electrons. The van der Waals surface area contributed by atoms with E-state index in [-0.39, 0.29) is 5.17 Å². The molecule has 0 saturated carbocycles. The van der Waals surface area contributed by atoms with Crippen LogP contribution in [0.5, 0.6) is 0 Å². The Bertz CT molecular complexity index is 179. The SMILES string of the molecule is CC(C)(CSC(=N)N)C(=O)O. The van der Waals surface area contributed by atoms with Crippen LogP contribution in [-0.2, 0) is 4.79 Å². The van der Waals surface area contributed by atoms with E-state index in [9.17, 15) is 4.79 Å². The summed E-state index contributed by atoms with van der Waals surface area (Å²) in [6.45, 7) is 3.20. The van der Waals surface area contributed by atoms with Crippen molar-refractivity contribution in [3.8, 4) is 0 Å². The molecule has 0 radical (unpaired) electrons. The van der Waals surface area contributed by atoms with Gasteiger partial charge in [-0.05, 0) is 13.8 Å². The highest BCUT2D eigenvalue weighted by Crippen LogP contribution is 2.21. The fraction of sp³-hybridized carbons (Fsp3) is 0.667. The molecule has 0 aromatic heterocycles. The highest BCUT2D eigenvalue weighted by atomic mass is 32.2. The van der Waals surface area contributed by atoms with Crippen LogP contribution in [0.2, 0.25) is 0 Å². The van der Waals surface area contributed by atoms with Crippen LogP contribution < -0.4 is 5.73 Å². The Balaban J connectivity index is 3.92. The monoisotopic (exact) mass is 176 g/mol. The molecule has 11 heavy (non-hydrogen) atoms. The molecular formula is C6H12N2O2S. The number of hydrogen-bond acceptors (Lipinski definition) is 3. The van der Waals surface area contributed by atoms with E-state index in [1.165, 1.54) is 0 Å². The summed E-state index contributed by atoms with van der Waals surface area (Å²) in [4.78, 5) is 10.5. The van der Waals surface area contributed by atoms with Gasteiger partial charge in [0.05, 0.1) is 5.41 Å². The van der Waals surface area contributed by atoms with Crippen LogP contribution in [0.15, 0.2) is 0 Å². The Kier molecular flexibility index (Phi) is 3.38. The summed E-state index contributed by atoms with van der Waals surface area (Å²) >= 11 is 1.05. The number of rotatable bonds is 3. The fourth-order valence-electron chi connectivity index (χ4n) is 0.320. The second kappa shape index (κ2) is 3.61. The first-order valence-corrected chi connectivity index (χ1v) is 4.05. The molecule has 0 fully saturated rings. The molecule has 0 rings (SSSR count). The fourth-order valence-corrected chi connectivity index (χ4v) is 0.960. The van der Waals surface area contributed by atoms with Crippen LogP contribution in [0.25, 0.3) is 0 Å². The van der Waals surface area contributed by atoms with Crippen LogP contribution in [0.1, 0.15) is 13.8 Å². The molecular weight excluding hydrogens is 164 g/mol. The normalized spacial score (nSPS) is 11.1. The van der Waals surface area contributed by atoms with E-state index in [4.69, 9.17) is 16.2 Å². The highest BCUT2D eigenvalue weighted by Gasteiger charge is 2.27. The first-order valence-electron chi connectivity index (χ1n) is 3.06. The molecule has 0 atom stereocenters. The smallest absolute Gasteiger partial charge is 0.309 e. The lowest BCUT2D eigenvalue weighted by molar-refractivity contribution is -0.145. The molecule has 0 bridgehead atoms. The van der Waals surface area contributed by atoms with Gasteiger partial charge in [-0.1, -0.05) is 11.8 Å². The standard InChI is InChI=1S/C6H12N2O2S/c1-6(2,4(9)10)3-11-5(7)8/h3H2,1-2H3,(H3,7,8)(H,9,10). The van der Waals surface area contributed by atoms with Crippen LogP contribution in [0, 0.1) is 10.8 Å². The van der Waals surface area contributed by atoms with Crippen molar-refractivity contribution in [1.29, 1.82) is 5.41 Å². The second-order valence-electron chi connectivity index (χ2n) is 2.84. The zero-order valence-corrected chi connectivity index (χ0v) is 7.36. The third-order valence-electron chi connectivity index (χ3n) is 1.17. The van der Waals surface area contributed by atoms with Crippen molar-refractivity contribution < 1.29 is 9.90 Å². The van der Waals surface area contributed by atoms with E-state index in [2.05, 4.69) is 0 Å². The molecule has 0 heterocycles. The molecule has 0 aromatic rings. The lowest BCUT2D eigenvalue weighted by Gasteiger charge is -2.17.